The zero-order chi connectivity index (χ0) is 24.0. The number of nitrogens with zero attached hydrogens (tertiary/aromatic N) is 3. The molecule has 9 nitrogen and oxygen atoms in total. The van der Waals surface area contributed by atoms with Gasteiger partial charge in [-0.05, 0) is 17.7 Å². The molecule has 0 spiro atoms. The fourth-order valence-electron chi connectivity index (χ4n) is 3.83. The van der Waals surface area contributed by atoms with Crippen LogP contribution in [0, 0.1) is 5.92 Å². The Hall–Kier alpha value is -2.20. The average Bonchev–Trinajstić information content (AvgIpc) is 3.09. The number of benzene rings is 1. The molecule has 3 amide bonds. The second-order valence-corrected chi connectivity index (χ2v) is 8.98. The molecule has 0 saturated carbocycles. The van der Waals surface area contributed by atoms with Crippen LogP contribution >= 0.6 is 23.2 Å². The van der Waals surface area contributed by atoms with Crippen molar-refractivity contribution in [2.45, 2.75) is 13.0 Å². The van der Waals surface area contributed by atoms with Crippen LogP contribution in [0.1, 0.15) is 12.0 Å². The first kappa shape index (κ1) is 25.4. The van der Waals surface area contributed by atoms with Gasteiger partial charge in [-0.15, -0.1) is 0 Å². The van der Waals surface area contributed by atoms with Crippen molar-refractivity contribution in [1.29, 1.82) is 0 Å². The summed E-state index contributed by atoms with van der Waals surface area (Å²) in [6.45, 7) is 4.26. The molecule has 2 aliphatic rings. The van der Waals surface area contributed by atoms with Gasteiger partial charge in [0.2, 0.25) is 17.6 Å². The fraction of sp³-hybridized carbons (Fsp3) is 0.545. The number of carbonyl (C=O) groups excluding carboxylic acids is 4. The largest absolute Gasteiger partial charge is 0.379 e. The molecule has 1 unspecified atom stereocenters. The number of amides is 3. The molecule has 180 valence electrons. The molecule has 2 fully saturated rings. The Bertz CT molecular complexity index is 907. The third-order valence-corrected chi connectivity index (χ3v) is 6.50. The minimum Gasteiger partial charge on any atom is -0.379 e. The first-order chi connectivity index (χ1) is 15.8. The van der Waals surface area contributed by atoms with E-state index in [1.807, 2.05) is 0 Å². The monoisotopic (exact) mass is 498 g/mol. The van der Waals surface area contributed by atoms with E-state index in [4.69, 9.17) is 27.9 Å². The Morgan fingerprint density at radius 3 is 2.58 bits per heavy atom. The lowest BCUT2D eigenvalue weighted by Gasteiger charge is -2.26. The van der Waals surface area contributed by atoms with E-state index >= 15 is 0 Å². The van der Waals surface area contributed by atoms with Crippen molar-refractivity contribution >= 4 is 46.7 Å². The number of likely N-dealkylation sites (tertiary alicyclic amines) is 1. The Morgan fingerprint density at radius 1 is 1.15 bits per heavy atom. The van der Waals surface area contributed by atoms with Crippen LogP contribution in [0.2, 0.25) is 10.0 Å². The highest BCUT2D eigenvalue weighted by atomic mass is 35.5. The topological polar surface area (TPSA) is 99.3 Å². The maximum absolute atomic E-state index is 12.8. The van der Waals surface area contributed by atoms with Crippen molar-refractivity contribution in [1.82, 2.24) is 20.0 Å². The Labute approximate surface area is 202 Å². The maximum Gasteiger partial charge on any atom is 0.290 e. The van der Waals surface area contributed by atoms with E-state index in [9.17, 15) is 19.2 Å². The number of hydrogen-bond acceptors (Lipinski definition) is 6. The van der Waals surface area contributed by atoms with Gasteiger partial charge in [-0.3, -0.25) is 24.1 Å². The highest BCUT2D eigenvalue weighted by molar-refractivity contribution is 6.42. The Morgan fingerprint density at radius 2 is 1.88 bits per heavy atom. The van der Waals surface area contributed by atoms with Gasteiger partial charge in [-0.2, -0.15) is 0 Å². The number of hydrogen-bond donors (Lipinski definition) is 1. The summed E-state index contributed by atoms with van der Waals surface area (Å²) in [5.74, 6) is -3.02. The number of morpholine rings is 1. The van der Waals surface area contributed by atoms with Crippen molar-refractivity contribution in [3.8, 4) is 0 Å². The van der Waals surface area contributed by atoms with Crippen LogP contribution < -0.4 is 5.32 Å². The molecule has 2 heterocycles. The molecule has 0 aliphatic carbocycles. The number of ketones is 1. The Kier molecular flexibility index (Phi) is 9.08. The van der Waals surface area contributed by atoms with Gasteiger partial charge in [0.25, 0.3) is 5.91 Å². The lowest BCUT2D eigenvalue weighted by Crippen LogP contribution is -2.40. The van der Waals surface area contributed by atoms with E-state index in [2.05, 4.69) is 10.2 Å². The molecule has 0 radical (unpaired) electrons. The zero-order valence-electron chi connectivity index (χ0n) is 18.5. The molecular formula is C22H28Cl2N4O5. The van der Waals surface area contributed by atoms with Gasteiger partial charge in [0.1, 0.15) is 5.92 Å². The van der Waals surface area contributed by atoms with E-state index in [0.717, 1.165) is 18.7 Å². The highest BCUT2D eigenvalue weighted by Gasteiger charge is 2.43. The van der Waals surface area contributed by atoms with Gasteiger partial charge in [0, 0.05) is 59.3 Å². The molecule has 2 saturated heterocycles. The van der Waals surface area contributed by atoms with Gasteiger partial charge >= 0.3 is 0 Å². The molecular weight excluding hydrogens is 471 g/mol. The quantitative estimate of drug-likeness (QED) is 0.399. The van der Waals surface area contributed by atoms with E-state index in [1.54, 1.807) is 25.2 Å². The predicted molar refractivity (Wildman–Crippen MR) is 123 cm³/mol. The molecule has 33 heavy (non-hydrogen) atoms. The Balaban J connectivity index is 1.43. The van der Waals surface area contributed by atoms with Gasteiger partial charge in [0.15, 0.2) is 0 Å². The standard InChI is InChI=1S/C22H28Cl2N4O5/c1-26(13-15-2-3-17(23)18(24)12-15)21(31)16-14-28(22(32)20(16)30)7-5-25-19(29)4-6-27-8-10-33-11-9-27/h2-3,12,16H,4-11,13-14H2,1H3,(H,25,29). The van der Waals surface area contributed by atoms with Crippen LogP contribution in [0.15, 0.2) is 18.2 Å². The molecule has 11 heteroatoms. The number of nitrogens with one attached hydrogen (secondary N) is 1. The summed E-state index contributed by atoms with van der Waals surface area (Å²) < 4.78 is 5.28. The van der Waals surface area contributed by atoms with Crippen molar-refractivity contribution in [3.63, 3.8) is 0 Å². The molecule has 1 aromatic rings. The number of carbonyl (C=O) groups is 4. The molecule has 1 aromatic carbocycles. The lowest BCUT2D eigenvalue weighted by atomic mass is 10.1. The molecule has 0 aromatic heterocycles. The fourth-order valence-corrected chi connectivity index (χ4v) is 4.15. The molecule has 1 atom stereocenters. The van der Waals surface area contributed by atoms with Gasteiger partial charge in [-0.1, -0.05) is 29.3 Å². The summed E-state index contributed by atoms with van der Waals surface area (Å²) >= 11 is 11.9. The smallest absolute Gasteiger partial charge is 0.290 e. The third kappa shape index (κ3) is 6.89. The van der Waals surface area contributed by atoms with Gasteiger partial charge in [-0.25, -0.2) is 0 Å². The summed E-state index contributed by atoms with van der Waals surface area (Å²) in [7, 11) is 1.57. The van der Waals surface area contributed by atoms with Crippen LogP contribution in [0.3, 0.4) is 0 Å². The summed E-state index contributed by atoms with van der Waals surface area (Å²) in [5, 5.41) is 3.56. The summed E-state index contributed by atoms with van der Waals surface area (Å²) in [4.78, 5) is 54.5. The van der Waals surface area contributed by atoms with E-state index in [1.165, 1.54) is 9.80 Å². The van der Waals surface area contributed by atoms with Crippen molar-refractivity contribution in [2.75, 3.05) is 59.5 Å². The summed E-state index contributed by atoms with van der Waals surface area (Å²) in [6.07, 6.45) is 0.355. The SMILES string of the molecule is CN(Cc1ccc(Cl)c(Cl)c1)C(=O)C1CN(CCNC(=O)CCN2CCOCC2)C(=O)C1=O. The molecule has 0 bridgehead atoms. The number of rotatable bonds is 9. The summed E-state index contributed by atoms with van der Waals surface area (Å²) in [5.41, 5.74) is 0.758. The first-order valence-electron chi connectivity index (χ1n) is 10.8. The molecule has 2 aliphatic heterocycles. The minimum atomic E-state index is -1.05. The average molecular weight is 499 g/mol. The van der Waals surface area contributed by atoms with Crippen LogP contribution in [-0.2, 0) is 30.5 Å². The maximum atomic E-state index is 12.8. The normalized spacial score (nSPS) is 19.1. The highest BCUT2D eigenvalue weighted by Crippen LogP contribution is 2.24. The number of Topliss-reactive ketones (excluding diaryl/α,β-unsaturated/α-hetero) is 1. The molecule has 1 N–H and O–H groups in total. The van der Waals surface area contributed by atoms with Crippen molar-refractivity contribution < 1.29 is 23.9 Å². The van der Waals surface area contributed by atoms with Crippen molar-refractivity contribution in [3.05, 3.63) is 33.8 Å². The third-order valence-electron chi connectivity index (χ3n) is 5.76. The van der Waals surface area contributed by atoms with Gasteiger partial charge in [0.05, 0.1) is 23.3 Å². The van der Waals surface area contributed by atoms with Crippen LogP contribution in [0.4, 0.5) is 0 Å². The summed E-state index contributed by atoms with van der Waals surface area (Å²) in [6, 6.07) is 5.04. The number of ether oxygens (including phenoxy) is 1. The van der Waals surface area contributed by atoms with Crippen molar-refractivity contribution in [2.24, 2.45) is 5.92 Å². The predicted octanol–water partition coefficient (Wildman–Crippen LogP) is 0.818. The van der Waals surface area contributed by atoms with E-state index < -0.39 is 23.5 Å². The van der Waals surface area contributed by atoms with Gasteiger partial charge < -0.3 is 19.9 Å². The number of halogens is 2. The minimum absolute atomic E-state index is 0.00582. The lowest BCUT2D eigenvalue weighted by molar-refractivity contribution is -0.144. The van der Waals surface area contributed by atoms with Crippen LogP contribution in [0.5, 0.6) is 0 Å². The van der Waals surface area contributed by atoms with E-state index in [0.29, 0.717) is 36.2 Å². The second-order valence-electron chi connectivity index (χ2n) is 8.16. The first-order valence-corrected chi connectivity index (χ1v) is 11.6. The van der Waals surface area contributed by atoms with Crippen LogP contribution in [-0.4, -0.2) is 97.7 Å². The van der Waals surface area contributed by atoms with Crippen LogP contribution in [0.25, 0.3) is 0 Å². The molecule has 3 rings (SSSR count). The van der Waals surface area contributed by atoms with E-state index in [-0.39, 0.29) is 32.1 Å². The second kappa shape index (κ2) is 11.8. The zero-order valence-corrected chi connectivity index (χ0v) is 20.0.